The van der Waals surface area contributed by atoms with Gasteiger partial charge in [-0.25, -0.2) is 0 Å². The highest BCUT2D eigenvalue weighted by molar-refractivity contribution is 5.11. The van der Waals surface area contributed by atoms with Gasteiger partial charge in [0.05, 0.1) is 0 Å². The summed E-state index contributed by atoms with van der Waals surface area (Å²) < 4.78 is 0. The molecule has 0 atom stereocenters. The minimum Gasteiger partial charge on any atom is -0.0988 e. The van der Waals surface area contributed by atoms with Gasteiger partial charge in [0.15, 0.2) is 0 Å². The fraction of sp³-hybridized carbons (Fsp3) is 0.692. The van der Waals surface area contributed by atoms with Gasteiger partial charge in [0.2, 0.25) is 0 Å². The summed E-state index contributed by atoms with van der Waals surface area (Å²) in [6.07, 6.45) is 5.12. The van der Waals surface area contributed by atoms with Crippen molar-refractivity contribution in [1.29, 1.82) is 0 Å². The third kappa shape index (κ3) is 51.4. The lowest BCUT2D eigenvalue weighted by molar-refractivity contribution is 1.20. The second kappa shape index (κ2) is 42.0. The maximum absolute atomic E-state index is 3.61. The molecule has 0 saturated carbocycles. The van der Waals surface area contributed by atoms with Gasteiger partial charge in [0.1, 0.15) is 0 Å². The molecule has 0 nitrogen and oxygen atoms in total. The smallest absolute Gasteiger partial charge is 0.0374 e. The molecule has 0 radical (unpaired) electrons. The zero-order valence-electron chi connectivity index (χ0n) is 11.1. The average Bonchev–Trinajstić information content (AvgIpc) is 2.27. The van der Waals surface area contributed by atoms with E-state index in [0.717, 1.165) is 6.42 Å². The van der Waals surface area contributed by atoms with Crippen molar-refractivity contribution in [3.63, 3.8) is 0 Å². The van der Waals surface area contributed by atoms with Crippen molar-refractivity contribution < 1.29 is 0 Å². The summed E-state index contributed by atoms with van der Waals surface area (Å²) >= 11 is 0. The molecule has 0 saturated heterocycles. The first-order valence-corrected chi connectivity index (χ1v) is 5.60. The van der Waals surface area contributed by atoms with Gasteiger partial charge in [-0.1, -0.05) is 72.8 Å². The van der Waals surface area contributed by atoms with Crippen molar-refractivity contribution in [2.45, 2.75) is 61.8 Å². The Hall–Kier alpha value is -0.520. The molecule has 0 aromatic heterocycles. The van der Waals surface area contributed by atoms with Crippen LogP contribution in [0.1, 0.15) is 61.8 Å². The molecule has 0 heteroatoms. The molecular formula is C13H30. The molecule has 0 spiro atoms. The van der Waals surface area contributed by atoms with Crippen LogP contribution in [0.2, 0.25) is 0 Å². The molecule has 0 aromatic carbocycles. The Labute approximate surface area is 86.8 Å². The van der Waals surface area contributed by atoms with Crippen LogP contribution in [0.15, 0.2) is 24.3 Å². The van der Waals surface area contributed by atoms with Crippen molar-refractivity contribution in [3.05, 3.63) is 24.3 Å². The first kappa shape index (κ1) is 22.9. The molecular weight excluding hydrogens is 156 g/mol. The van der Waals surface area contributed by atoms with Gasteiger partial charge < -0.3 is 0 Å². The largest absolute Gasteiger partial charge is 0.0988 e. The van der Waals surface area contributed by atoms with E-state index in [9.17, 15) is 0 Å². The Morgan fingerprint density at radius 1 is 1.00 bits per heavy atom. The van der Waals surface area contributed by atoms with Crippen LogP contribution < -0.4 is 0 Å². The molecule has 0 aliphatic rings. The summed E-state index contributed by atoms with van der Waals surface area (Å²) in [5.41, 5.74) is 1.27. The number of hydrogen-bond acceptors (Lipinski definition) is 0. The van der Waals surface area contributed by atoms with Crippen LogP contribution in [0.5, 0.6) is 0 Å². The quantitative estimate of drug-likeness (QED) is 0.492. The van der Waals surface area contributed by atoms with Crippen LogP contribution in [0.25, 0.3) is 0 Å². The van der Waals surface area contributed by atoms with E-state index in [-0.39, 0.29) is 0 Å². The van der Waals surface area contributed by atoms with Crippen LogP contribution in [0, 0.1) is 0 Å². The number of allylic oxidation sites excluding steroid dienone is 3. The van der Waals surface area contributed by atoms with Gasteiger partial charge in [-0.3, -0.25) is 0 Å². The maximum Gasteiger partial charge on any atom is -0.0374 e. The summed E-state index contributed by atoms with van der Waals surface area (Å²) in [7, 11) is 0. The molecule has 0 aromatic rings. The van der Waals surface area contributed by atoms with Gasteiger partial charge in [0, 0.05) is 0 Å². The van der Waals surface area contributed by atoms with Crippen LogP contribution in [-0.2, 0) is 0 Å². The monoisotopic (exact) mass is 186 g/mol. The molecule has 0 aliphatic heterocycles. The van der Waals surface area contributed by atoms with E-state index in [1.807, 2.05) is 47.6 Å². The summed E-state index contributed by atoms with van der Waals surface area (Å²) in [4.78, 5) is 0. The van der Waals surface area contributed by atoms with E-state index in [0.29, 0.717) is 0 Å². The molecule has 0 aliphatic carbocycles. The van der Waals surface area contributed by atoms with Crippen molar-refractivity contribution >= 4 is 0 Å². The summed E-state index contributed by atoms with van der Waals surface area (Å²) in [5, 5.41) is 0. The Morgan fingerprint density at radius 2 is 1.31 bits per heavy atom. The fourth-order valence-electron chi connectivity index (χ4n) is 0.405. The molecule has 82 valence electrons. The molecule has 0 bridgehead atoms. The Kier molecular flexibility index (Phi) is 73.9. The highest BCUT2D eigenvalue weighted by Crippen LogP contribution is 1.92. The molecule has 0 unspecified atom stereocenters. The zero-order valence-corrected chi connectivity index (χ0v) is 11.1. The molecule has 0 amide bonds. The Balaban J connectivity index is -0.0000000573. The molecule has 0 fully saturated rings. The Morgan fingerprint density at radius 3 is 1.38 bits per heavy atom. The zero-order chi connectivity index (χ0) is 11.7. The normalized spacial score (nSPS) is 7.54. The van der Waals surface area contributed by atoms with Crippen molar-refractivity contribution in [2.24, 2.45) is 0 Å². The minimum absolute atomic E-state index is 1.11. The predicted octanol–water partition coefficient (Wildman–Crippen LogP) is 5.61. The third-order valence-corrected chi connectivity index (χ3v) is 0.848. The summed E-state index contributed by atoms with van der Waals surface area (Å²) in [5.74, 6) is 0. The van der Waals surface area contributed by atoms with E-state index in [2.05, 4.69) is 26.5 Å². The van der Waals surface area contributed by atoms with Crippen LogP contribution >= 0.6 is 0 Å². The lowest BCUT2D eigenvalue weighted by Gasteiger charge is -1.83. The van der Waals surface area contributed by atoms with Gasteiger partial charge in [-0.05, 0) is 13.3 Å². The summed E-state index contributed by atoms with van der Waals surface area (Å²) in [6.45, 7) is 19.8. The van der Waals surface area contributed by atoms with Crippen molar-refractivity contribution in [2.75, 3.05) is 0 Å². The van der Waals surface area contributed by atoms with E-state index < -0.39 is 0 Å². The number of rotatable bonds is 2. The maximum atomic E-state index is 3.61. The highest BCUT2D eigenvalue weighted by atomic mass is 13.8. The van der Waals surface area contributed by atoms with E-state index >= 15 is 0 Å². The van der Waals surface area contributed by atoms with Gasteiger partial charge in [-0.15, -0.1) is 0 Å². The van der Waals surface area contributed by atoms with Gasteiger partial charge in [-0.2, -0.15) is 0 Å². The second-order valence-electron chi connectivity index (χ2n) is 1.56. The SMILES string of the molecule is C=C/C(C)=C\CC.CC.CC.CC. The van der Waals surface area contributed by atoms with E-state index in [4.69, 9.17) is 0 Å². The number of hydrogen-bond donors (Lipinski definition) is 0. The molecule has 0 heterocycles. The lowest BCUT2D eigenvalue weighted by Crippen LogP contribution is -1.62. The predicted molar refractivity (Wildman–Crippen MR) is 68.3 cm³/mol. The van der Waals surface area contributed by atoms with Gasteiger partial charge >= 0.3 is 0 Å². The van der Waals surface area contributed by atoms with Crippen LogP contribution in [0.4, 0.5) is 0 Å². The topological polar surface area (TPSA) is 0 Å². The van der Waals surface area contributed by atoms with Crippen molar-refractivity contribution in [1.82, 2.24) is 0 Å². The standard InChI is InChI=1S/C7H12.3C2H6/c1-4-6-7(3)5-2;3*1-2/h5-6H,2,4H2,1,3H3;3*1-2H3/b7-6-;;;. The van der Waals surface area contributed by atoms with Crippen LogP contribution in [-0.4, -0.2) is 0 Å². The summed E-state index contributed by atoms with van der Waals surface area (Å²) in [6, 6.07) is 0. The molecule has 0 N–H and O–H groups in total. The molecule has 13 heavy (non-hydrogen) atoms. The van der Waals surface area contributed by atoms with Crippen LogP contribution in [0.3, 0.4) is 0 Å². The second-order valence-corrected chi connectivity index (χ2v) is 1.56. The van der Waals surface area contributed by atoms with E-state index in [1.165, 1.54) is 5.57 Å². The lowest BCUT2D eigenvalue weighted by atomic mass is 10.2. The third-order valence-electron chi connectivity index (χ3n) is 0.848. The van der Waals surface area contributed by atoms with Crippen molar-refractivity contribution in [3.8, 4) is 0 Å². The van der Waals surface area contributed by atoms with Gasteiger partial charge in [0.25, 0.3) is 0 Å². The minimum atomic E-state index is 1.11. The highest BCUT2D eigenvalue weighted by Gasteiger charge is 1.71. The van der Waals surface area contributed by atoms with E-state index in [1.54, 1.807) is 0 Å². The molecule has 0 rings (SSSR count). The Bertz CT molecular complexity index is 78.0. The average molecular weight is 186 g/mol. The fourth-order valence-corrected chi connectivity index (χ4v) is 0.405. The first-order valence-electron chi connectivity index (χ1n) is 5.60. The first-order chi connectivity index (χ1) is 6.31.